The molecule has 6 bridgehead atoms. The van der Waals surface area contributed by atoms with Crippen LogP contribution in [0.15, 0.2) is 0 Å². The van der Waals surface area contributed by atoms with Crippen LogP contribution in [-0.2, 0) is 0 Å². The molecule has 5 rings (SSSR count). The van der Waals surface area contributed by atoms with E-state index >= 15 is 0 Å². The molecule has 5 saturated carbocycles. The monoisotopic (exact) mass is 219 g/mol. The minimum atomic E-state index is 0.527. The lowest BCUT2D eigenvalue weighted by atomic mass is 9.28. The summed E-state index contributed by atoms with van der Waals surface area (Å²) in [6.45, 7) is 11.3. The molecule has 1 heteroatoms. The molecule has 0 heterocycles. The Labute approximate surface area is 99.2 Å². The summed E-state index contributed by atoms with van der Waals surface area (Å²) in [6, 6.07) is 0. The van der Waals surface area contributed by atoms with Crippen LogP contribution in [0.25, 0.3) is 0 Å². The van der Waals surface area contributed by atoms with Crippen molar-refractivity contribution in [3.8, 4) is 0 Å². The van der Waals surface area contributed by atoms with Gasteiger partial charge in [-0.3, -0.25) is 0 Å². The highest BCUT2D eigenvalue weighted by Crippen LogP contribution is 2.96. The third-order valence-corrected chi connectivity index (χ3v) is 8.86. The summed E-state index contributed by atoms with van der Waals surface area (Å²) in [5.41, 5.74) is 9.11. The summed E-state index contributed by atoms with van der Waals surface area (Å²) >= 11 is 0. The van der Waals surface area contributed by atoms with Crippen molar-refractivity contribution >= 4 is 0 Å². The fourth-order valence-electron chi connectivity index (χ4n) is 7.62. The van der Waals surface area contributed by atoms with Gasteiger partial charge in [0.05, 0.1) is 0 Å². The zero-order valence-electron chi connectivity index (χ0n) is 11.2. The topological polar surface area (TPSA) is 26.0 Å². The molecule has 4 atom stereocenters. The molecule has 0 aliphatic heterocycles. The molecule has 0 amide bonds. The lowest BCUT2D eigenvalue weighted by molar-refractivity contribution is -0.283. The van der Waals surface area contributed by atoms with Crippen LogP contribution in [0.1, 0.15) is 53.4 Å². The van der Waals surface area contributed by atoms with Crippen LogP contribution in [0.2, 0.25) is 0 Å². The van der Waals surface area contributed by atoms with Crippen molar-refractivity contribution in [2.45, 2.75) is 53.4 Å². The second-order valence-corrected chi connectivity index (χ2v) is 8.35. The van der Waals surface area contributed by atoms with Crippen LogP contribution < -0.4 is 5.73 Å². The first-order valence-corrected chi connectivity index (χ1v) is 6.99. The van der Waals surface area contributed by atoms with Gasteiger partial charge in [-0.15, -0.1) is 0 Å². The summed E-state index contributed by atoms with van der Waals surface area (Å²) in [7, 11) is 0. The second kappa shape index (κ2) is 2.02. The lowest BCUT2D eigenvalue weighted by Gasteiger charge is -2.76. The molecule has 5 fully saturated rings. The molecule has 5 aliphatic rings. The van der Waals surface area contributed by atoms with Gasteiger partial charge in [-0.05, 0) is 65.2 Å². The maximum Gasteiger partial charge on any atom is -0.00174 e. The molecule has 0 aromatic heterocycles. The maximum atomic E-state index is 6.18. The molecule has 0 spiro atoms. The van der Waals surface area contributed by atoms with Gasteiger partial charge in [0.15, 0.2) is 0 Å². The summed E-state index contributed by atoms with van der Waals surface area (Å²) in [4.78, 5) is 0. The van der Waals surface area contributed by atoms with E-state index in [-0.39, 0.29) is 0 Å². The molecular formula is C15H25N. The Morgan fingerprint density at radius 2 is 1.31 bits per heavy atom. The van der Waals surface area contributed by atoms with E-state index in [1.54, 1.807) is 0 Å². The maximum absolute atomic E-state index is 6.18. The SMILES string of the molecule is CC12CC3CC1(C)C1(C)CC3(CN)CC21C. The van der Waals surface area contributed by atoms with Crippen molar-refractivity contribution in [2.24, 2.45) is 38.7 Å². The van der Waals surface area contributed by atoms with E-state index < -0.39 is 0 Å². The van der Waals surface area contributed by atoms with E-state index in [4.69, 9.17) is 5.73 Å². The molecule has 16 heavy (non-hydrogen) atoms. The van der Waals surface area contributed by atoms with Gasteiger partial charge in [-0.2, -0.15) is 0 Å². The molecule has 0 radical (unpaired) electrons. The highest BCUT2D eigenvalue weighted by Gasteiger charge is 2.90. The normalized spacial score (nSPS) is 74.4. The third kappa shape index (κ3) is 0.523. The van der Waals surface area contributed by atoms with Gasteiger partial charge in [0.1, 0.15) is 0 Å². The molecule has 0 aromatic carbocycles. The van der Waals surface area contributed by atoms with Crippen LogP contribution in [0.4, 0.5) is 0 Å². The lowest BCUT2D eigenvalue weighted by Crippen LogP contribution is -2.70. The predicted octanol–water partition coefficient (Wildman–Crippen LogP) is 3.19. The Hall–Kier alpha value is -0.0400. The average molecular weight is 219 g/mol. The Morgan fingerprint density at radius 1 is 0.875 bits per heavy atom. The number of rotatable bonds is 1. The van der Waals surface area contributed by atoms with Gasteiger partial charge in [-0.1, -0.05) is 27.7 Å². The number of hydrogen-bond acceptors (Lipinski definition) is 1. The Kier molecular flexibility index (Phi) is 1.26. The summed E-state index contributed by atoms with van der Waals surface area (Å²) in [5.74, 6) is 0.941. The molecule has 5 aliphatic carbocycles. The van der Waals surface area contributed by atoms with Crippen LogP contribution >= 0.6 is 0 Å². The second-order valence-electron chi connectivity index (χ2n) is 8.35. The van der Waals surface area contributed by atoms with E-state index in [0.717, 1.165) is 12.5 Å². The molecule has 4 unspecified atom stereocenters. The van der Waals surface area contributed by atoms with Gasteiger partial charge >= 0.3 is 0 Å². The van der Waals surface area contributed by atoms with Crippen molar-refractivity contribution in [2.75, 3.05) is 6.54 Å². The van der Waals surface area contributed by atoms with E-state index in [1.165, 1.54) is 25.7 Å². The third-order valence-electron chi connectivity index (χ3n) is 8.86. The summed E-state index contributed by atoms with van der Waals surface area (Å²) in [5, 5.41) is 0. The van der Waals surface area contributed by atoms with Gasteiger partial charge in [0.25, 0.3) is 0 Å². The van der Waals surface area contributed by atoms with Crippen LogP contribution in [0, 0.1) is 33.0 Å². The van der Waals surface area contributed by atoms with E-state index in [0.29, 0.717) is 27.1 Å². The van der Waals surface area contributed by atoms with Crippen molar-refractivity contribution in [1.82, 2.24) is 0 Å². The van der Waals surface area contributed by atoms with Crippen LogP contribution in [0.5, 0.6) is 0 Å². The van der Waals surface area contributed by atoms with Gasteiger partial charge in [0.2, 0.25) is 0 Å². The Morgan fingerprint density at radius 3 is 1.69 bits per heavy atom. The van der Waals surface area contributed by atoms with Crippen molar-refractivity contribution in [1.29, 1.82) is 0 Å². The first kappa shape index (κ1) is 9.94. The first-order chi connectivity index (χ1) is 7.29. The van der Waals surface area contributed by atoms with Crippen molar-refractivity contribution in [3.05, 3.63) is 0 Å². The van der Waals surface area contributed by atoms with Gasteiger partial charge < -0.3 is 5.73 Å². The highest BCUT2D eigenvalue weighted by molar-refractivity contribution is 5.38. The summed E-state index contributed by atoms with van der Waals surface area (Å²) in [6.07, 6.45) is 5.77. The molecule has 90 valence electrons. The molecular weight excluding hydrogens is 194 g/mol. The first-order valence-electron chi connectivity index (χ1n) is 6.99. The minimum Gasteiger partial charge on any atom is -0.330 e. The van der Waals surface area contributed by atoms with Crippen LogP contribution in [-0.4, -0.2) is 6.54 Å². The average Bonchev–Trinajstić information content (AvgIpc) is 2.54. The molecule has 2 N–H and O–H groups in total. The van der Waals surface area contributed by atoms with Crippen LogP contribution in [0.3, 0.4) is 0 Å². The van der Waals surface area contributed by atoms with E-state index in [2.05, 4.69) is 27.7 Å². The molecule has 0 saturated heterocycles. The number of nitrogens with two attached hydrogens (primary N) is 1. The van der Waals surface area contributed by atoms with Gasteiger partial charge in [-0.25, -0.2) is 0 Å². The Balaban J connectivity index is 1.98. The fourth-order valence-corrected chi connectivity index (χ4v) is 7.62. The molecule has 1 nitrogen and oxygen atoms in total. The largest absolute Gasteiger partial charge is 0.330 e. The highest BCUT2D eigenvalue weighted by atomic mass is 14.9. The Bertz CT molecular complexity index is 370. The van der Waals surface area contributed by atoms with E-state index in [9.17, 15) is 0 Å². The standard InChI is InChI=1S/C15H25N/c1-11-5-10-6-12(11,2)14(4)8-15(10,9-16)7-13(11,14)3/h10H,5-9,16H2,1-4H3. The fraction of sp³-hybridized carbons (Fsp3) is 1.00. The number of hydrogen-bond donors (Lipinski definition) is 1. The smallest absolute Gasteiger partial charge is 0.00174 e. The zero-order valence-corrected chi connectivity index (χ0v) is 11.2. The van der Waals surface area contributed by atoms with E-state index in [1.807, 2.05) is 0 Å². The quantitative estimate of drug-likeness (QED) is 0.720. The van der Waals surface area contributed by atoms with Gasteiger partial charge in [0, 0.05) is 0 Å². The minimum absolute atomic E-state index is 0.527. The summed E-state index contributed by atoms with van der Waals surface area (Å²) < 4.78 is 0. The van der Waals surface area contributed by atoms with Crippen molar-refractivity contribution < 1.29 is 0 Å². The predicted molar refractivity (Wildman–Crippen MR) is 65.9 cm³/mol. The molecule has 0 aromatic rings. The van der Waals surface area contributed by atoms with Crippen molar-refractivity contribution in [3.63, 3.8) is 0 Å². The zero-order chi connectivity index (χ0) is 11.6.